The minimum Gasteiger partial charge on any atom is -0.442 e. The summed E-state index contributed by atoms with van der Waals surface area (Å²) in [4.78, 5) is 46.4. The number of ether oxygens (including phenoxy) is 3. The van der Waals surface area contributed by atoms with Gasteiger partial charge in [0, 0.05) is 26.7 Å². The summed E-state index contributed by atoms with van der Waals surface area (Å²) in [6, 6.07) is 0. The number of cyclic esters (lactones) is 2. The normalized spacial score (nSPS) is 33.4. The van der Waals surface area contributed by atoms with Crippen LogP contribution in [0.5, 0.6) is 0 Å². The molecule has 2 unspecified atom stereocenters. The lowest BCUT2D eigenvalue weighted by Gasteiger charge is -2.41. The van der Waals surface area contributed by atoms with Crippen molar-refractivity contribution in [3.05, 3.63) is 0 Å². The molecule has 0 aromatic heterocycles. The van der Waals surface area contributed by atoms with E-state index < -0.39 is 35.1 Å². The Morgan fingerprint density at radius 3 is 1.63 bits per heavy atom. The summed E-state index contributed by atoms with van der Waals surface area (Å²) in [5.74, 6) is -3.39. The Labute approximate surface area is 109 Å². The molecule has 1 aliphatic heterocycles. The monoisotopic (exact) mass is 270 g/mol. The van der Waals surface area contributed by atoms with Gasteiger partial charge in [0.05, 0.1) is 0 Å². The van der Waals surface area contributed by atoms with Crippen LogP contribution in [-0.2, 0) is 33.4 Å². The molecule has 1 aliphatic carbocycles. The van der Waals surface area contributed by atoms with Crippen LogP contribution < -0.4 is 0 Å². The Morgan fingerprint density at radius 1 is 0.947 bits per heavy atom. The molecule has 1 saturated carbocycles. The Kier molecular flexibility index (Phi) is 3.07. The molecule has 7 heteroatoms. The van der Waals surface area contributed by atoms with E-state index in [1.54, 1.807) is 0 Å². The van der Waals surface area contributed by atoms with Gasteiger partial charge in [-0.1, -0.05) is 0 Å². The van der Waals surface area contributed by atoms with E-state index in [0.29, 0.717) is 12.8 Å². The quantitative estimate of drug-likeness (QED) is 0.403. The molecule has 1 saturated heterocycles. The molecule has 0 spiro atoms. The lowest BCUT2D eigenvalue weighted by Crippen LogP contribution is -2.62. The van der Waals surface area contributed by atoms with Crippen molar-refractivity contribution in [1.29, 1.82) is 0 Å². The maximum absolute atomic E-state index is 12.0. The highest BCUT2D eigenvalue weighted by Crippen LogP contribution is 2.48. The van der Waals surface area contributed by atoms with E-state index in [4.69, 9.17) is 9.47 Å². The molecular formula is C12H14O7. The number of rotatable bonds is 2. The Bertz CT molecular complexity index is 427. The van der Waals surface area contributed by atoms with Gasteiger partial charge in [-0.25, -0.2) is 9.59 Å². The first kappa shape index (κ1) is 13.5. The van der Waals surface area contributed by atoms with Crippen LogP contribution in [0, 0.1) is 0 Å². The van der Waals surface area contributed by atoms with E-state index in [0.717, 1.165) is 13.8 Å². The molecule has 19 heavy (non-hydrogen) atoms. The molecule has 0 N–H and O–H groups in total. The Morgan fingerprint density at radius 2 is 1.32 bits per heavy atom. The zero-order chi connectivity index (χ0) is 14.3. The summed E-state index contributed by atoms with van der Waals surface area (Å²) in [5.41, 5.74) is -3.67. The van der Waals surface area contributed by atoms with Gasteiger partial charge in [0.2, 0.25) is 0 Å². The number of esters is 4. The number of fused-ring (bicyclic) bond motifs is 1. The Hall–Kier alpha value is -1.92. The molecule has 7 nitrogen and oxygen atoms in total. The van der Waals surface area contributed by atoms with E-state index in [2.05, 4.69) is 4.74 Å². The highest BCUT2D eigenvalue weighted by Gasteiger charge is 2.74. The first-order chi connectivity index (χ1) is 8.84. The summed E-state index contributed by atoms with van der Waals surface area (Å²) in [7, 11) is 0. The third-order valence-electron chi connectivity index (χ3n) is 3.44. The van der Waals surface area contributed by atoms with Gasteiger partial charge in [0.1, 0.15) is 0 Å². The zero-order valence-corrected chi connectivity index (χ0v) is 10.7. The second-order valence-corrected chi connectivity index (χ2v) is 4.73. The zero-order valence-electron chi connectivity index (χ0n) is 10.7. The van der Waals surface area contributed by atoms with E-state index >= 15 is 0 Å². The lowest BCUT2D eigenvalue weighted by atomic mass is 9.72. The molecule has 0 aromatic carbocycles. The summed E-state index contributed by atoms with van der Waals surface area (Å²) in [6.45, 7) is 2.25. The average Bonchev–Trinajstić information content (AvgIpc) is 2.48. The largest absolute Gasteiger partial charge is 0.442 e. The van der Waals surface area contributed by atoms with Crippen molar-refractivity contribution in [1.82, 2.24) is 0 Å². The maximum atomic E-state index is 12.0. The molecule has 0 bridgehead atoms. The van der Waals surface area contributed by atoms with Crippen LogP contribution in [0.2, 0.25) is 0 Å². The predicted octanol–water partition coefficient (Wildman–Crippen LogP) is 0.248. The molecule has 2 aliphatic rings. The SMILES string of the molecule is CC(=O)OC12CCCCC1(OC(C)=O)C(=O)OC2=O. The van der Waals surface area contributed by atoms with Gasteiger partial charge in [0.25, 0.3) is 11.2 Å². The summed E-state index contributed by atoms with van der Waals surface area (Å²) >= 11 is 0. The summed E-state index contributed by atoms with van der Waals surface area (Å²) in [6.07, 6.45) is 1.34. The maximum Gasteiger partial charge on any atom is 0.363 e. The van der Waals surface area contributed by atoms with Crippen molar-refractivity contribution in [2.24, 2.45) is 0 Å². The fourth-order valence-corrected chi connectivity index (χ4v) is 2.78. The molecule has 1 heterocycles. The third-order valence-corrected chi connectivity index (χ3v) is 3.44. The first-order valence-electron chi connectivity index (χ1n) is 6.00. The van der Waals surface area contributed by atoms with Crippen molar-refractivity contribution in [2.45, 2.75) is 50.7 Å². The van der Waals surface area contributed by atoms with Crippen LogP contribution in [0.3, 0.4) is 0 Å². The fourth-order valence-electron chi connectivity index (χ4n) is 2.78. The van der Waals surface area contributed by atoms with Crippen molar-refractivity contribution in [2.75, 3.05) is 0 Å². The van der Waals surface area contributed by atoms with Gasteiger partial charge in [-0.2, -0.15) is 0 Å². The molecule has 0 aromatic rings. The molecule has 0 amide bonds. The van der Waals surface area contributed by atoms with Crippen LogP contribution in [0.1, 0.15) is 39.5 Å². The number of carbonyl (C=O) groups excluding carboxylic acids is 4. The minimum atomic E-state index is -1.83. The van der Waals surface area contributed by atoms with Crippen molar-refractivity contribution in [3.63, 3.8) is 0 Å². The van der Waals surface area contributed by atoms with E-state index in [-0.39, 0.29) is 12.8 Å². The highest BCUT2D eigenvalue weighted by atomic mass is 16.7. The van der Waals surface area contributed by atoms with Crippen molar-refractivity contribution in [3.8, 4) is 0 Å². The third kappa shape index (κ3) is 1.80. The first-order valence-corrected chi connectivity index (χ1v) is 6.00. The number of hydrogen-bond donors (Lipinski definition) is 0. The van der Waals surface area contributed by atoms with Gasteiger partial charge in [0.15, 0.2) is 0 Å². The van der Waals surface area contributed by atoms with Gasteiger partial charge < -0.3 is 14.2 Å². The molecule has 104 valence electrons. The minimum absolute atomic E-state index is 0.102. The number of carbonyl (C=O) groups is 4. The lowest BCUT2D eigenvalue weighted by molar-refractivity contribution is -0.210. The summed E-state index contributed by atoms with van der Waals surface area (Å²) < 4.78 is 14.7. The van der Waals surface area contributed by atoms with Crippen LogP contribution >= 0.6 is 0 Å². The fraction of sp³-hybridized carbons (Fsp3) is 0.667. The van der Waals surface area contributed by atoms with Gasteiger partial charge >= 0.3 is 23.9 Å². The van der Waals surface area contributed by atoms with Crippen molar-refractivity contribution >= 4 is 23.9 Å². The Balaban J connectivity index is 2.53. The second kappa shape index (κ2) is 4.32. The van der Waals surface area contributed by atoms with E-state index in [1.807, 2.05) is 0 Å². The van der Waals surface area contributed by atoms with Gasteiger partial charge in [-0.05, 0) is 12.8 Å². The molecule has 2 atom stereocenters. The van der Waals surface area contributed by atoms with Gasteiger partial charge in [-0.15, -0.1) is 0 Å². The van der Waals surface area contributed by atoms with E-state index in [1.165, 1.54) is 0 Å². The molecule has 0 radical (unpaired) electrons. The second-order valence-electron chi connectivity index (χ2n) is 4.73. The van der Waals surface area contributed by atoms with Gasteiger partial charge in [-0.3, -0.25) is 9.59 Å². The van der Waals surface area contributed by atoms with Crippen LogP contribution in [0.25, 0.3) is 0 Å². The van der Waals surface area contributed by atoms with Crippen molar-refractivity contribution < 1.29 is 33.4 Å². The molecular weight excluding hydrogens is 256 g/mol. The highest BCUT2D eigenvalue weighted by molar-refractivity contribution is 6.07. The average molecular weight is 270 g/mol. The number of hydrogen-bond acceptors (Lipinski definition) is 7. The van der Waals surface area contributed by atoms with Crippen LogP contribution in [-0.4, -0.2) is 35.1 Å². The standard InChI is InChI=1S/C12H14O7/c1-7(13)18-11-5-3-4-6-12(11,19-8(2)14)10(16)17-9(11)15/h3-6H2,1-2H3. The molecule has 2 rings (SSSR count). The van der Waals surface area contributed by atoms with Crippen LogP contribution in [0.4, 0.5) is 0 Å². The summed E-state index contributed by atoms with van der Waals surface area (Å²) in [5, 5.41) is 0. The van der Waals surface area contributed by atoms with E-state index in [9.17, 15) is 19.2 Å². The smallest absolute Gasteiger partial charge is 0.363 e. The topological polar surface area (TPSA) is 96.0 Å². The van der Waals surface area contributed by atoms with Crippen LogP contribution in [0.15, 0.2) is 0 Å². The molecule has 2 fully saturated rings. The predicted molar refractivity (Wildman–Crippen MR) is 58.6 cm³/mol.